The van der Waals surface area contributed by atoms with Crippen LogP contribution in [0, 0.1) is 17.2 Å². The van der Waals surface area contributed by atoms with Crippen molar-refractivity contribution in [2.75, 3.05) is 11.9 Å². The fraction of sp³-hybridized carbons (Fsp3) is 0.333. The molecule has 27 heavy (non-hydrogen) atoms. The minimum absolute atomic E-state index is 0.0948. The Kier molecular flexibility index (Phi) is 6.67. The average molecular weight is 368 g/mol. The summed E-state index contributed by atoms with van der Waals surface area (Å²) in [4.78, 5) is 11.8. The van der Waals surface area contributed by atoms with E-state index in [-0.39, 0.29) is 11.3 Å². The Morgan fingerprint density at radius 2 is 1.93 bits per heavy atom. The van der Waals surface area contributed by atoms with E-state index in [4.69, 9.17) is 10.00 Å². The number of carboxylic acid groups (broad SMARTS) is 1. The van der Waals surface area contributed by atoms with Crippen molar-refractivity contribution >= 4 is 11.7 Å². The van der Waals surface area contributed by atoms with E-state index in [0.29, 0.717) is 35.9 Å². The molecule has 6 heteroatoms. The van der Waals surface area contributed by atoms with Crippen LogP contribution in [0.4, 0.5) is 5.69 Å². The number of aromatic hydroxyl groups is 1. The van der Waals surface area contributed by atoms with Crippen molar-refractivity contribution in [2.24, 2.45) is 5.92 Å². The number of phenols is 1. The second-order valence-electron chi connectivity index (χ2n) is 6.65. The Balaban J connectivity index is 2.41. The zero-order chi connectivity index (χ0) is 20.0. The van der Waals surface area contributed by atoms with Gasteiger partial charge in [0.25, 0.3) is 0 Å². The molecular formula is C21H24N2O4. The smallest absolute Gasteiger partial charge is 0.330 e. The molecule has 0 bridgehead atoms. The normalized spacial score (nSPS) is 11.7. The molecule has 0 aromatic heterocycles. The van der Waals surface area contributed by atoms with Crippen molar-refractivity contribution in [3.63, 3.8) is 0 Å². The molecule has 142 valence electrons. The number of hydrogen-bond donors (Lipinski definition) is 3. The van der Waals surface area contributed by atoms with Crippen molar-refractivity contribution < 1.29 is 19.7 Å². The summed E-state index contributed by atoms with van der Waals surface area (Å²) in [5, 5.41) is 31.9. The molecule has 3 N–H and O–H groups in total. The highest BCUT2D eigenvalue weighted by Crippen LogP contribution is 2.35. The lowest BCUT2D eigenvalue weighted by Crippen LogP contribution is -2.21. The van der Waals surface area contributed by atoms with Gasteiger partial charge in [-0.15, -0.1) is 0 Å². The fourth-order valence-corrected chi connectivity index (χ4v) is 2.83. The zero-order valence-corrected chi connectivity index (χ0v) is 15.7. The van der Waals surface area contributed by atoms with E-state index in [9.17, 15) is 15.0 Å². The molecule has 2 aromatic rings. The van der Waals surface area contributed by atoms with Gasteiger partial charge in [-0.1, -0.05) is 13.8 Å². The Hall–Kier alpha value is -3.20. The van der Waals surface area contributed by atoms with E-state index >= 15 is 0 Å². The highest BCUT2D eigenvalue weighted by Gasteiger charge is 2.25. The average Bonchev–Trinajstić information content (AvgIpc) is 2.62. The summed E-state index contributed by atoms with van der Waals surface area (Å²) in [7, 11) is 0. The maximum Gasteiger partial charge on any atom is 0.330 e. The molecule has 1 unspecified atom stereocenters. The molecule has 6 nitrogen and oxygen atoms in total. The van der Waals surface area contributed by atoms with Crippen molar-refractivity contribution in [3.05, 3.63) is 53.1 Å². The number of nitrogens with one attached hydrogen (secondary N) is 1. The van der Waals surface area contributed by atoms with Crippen LogP contribution in [0.5, 0.6) is 11.5 Å². The summed E-state index contributed by atoms with van der Waals surface area (Å²) in [5.74, 6) is -0.287. The minimum Gasteiger partial charge on any atom is -0.508 e. The van der Waals surface area contributed by atoms with Crippen LogP contribution in [-0.4, -0.2) is 22.8 Å². The van der Waals surface area contributed by atoms with Gasteiger partial charge in [0.2, 0.25) is 0 Å². The number of carboxylic acids is 1. The van der Waals surface area contributed by atoms with Gasteiger partial charge < -0.3 is 20.3 Å². The van der Waals surface area contributed by atoms with Gasteiger partial charge >= 0.3 is 5.97 Å². The molecule has 0 spiro atoms. The third kappa shape index (κ3) is 5.14. The summed E-state index contributed by atoms with van der Waals surface area (Å²) >= 11 is 0. The highest BCUT2D eigenvalue weighted by atomic mass is 16.5. The van der Waals surface area contributed by atoms with Crippen molar-refractivity contribution in [1.29, 1.82) is 5.26 Å². The Labute approximate surface area is 159 Å². The summed E-state index contributed by atoms with van der Waals surface area (Å²) in [5.41, 5.74) is 2.08. The third-order valence-electron chi connectivity index (χ3n) is 4.02. The Morgan fingerprint density at radius 3 is 2.44 bits per heavy atom. The standard InChI is InChI=1S/C21H24N2O4/c1-4-27-19-11-17(18(24)10-15(19)9-13(2)3)20(21(25)26)23-16-7-5-14(12-22)6-8-16/h5-8,10-11,13,20,23-24H,4,9H2,1-3H3,(H,25,26). The van der Waals surface area contributed by atoms with E-state index in [1.54, 1.807) is 36.4 Å². The van der Waals surface area contributed by atoms with Gasteiger partial charge in [-0.25, -0.2) is 4.79 Å². The summed E-state index contributed by atoms with van der Waals surface area (Å²) < 4.78 is 5.68. The first kappa shape index (κ1) is 20.1. The number of hydrogen-bond acceptors (Lipinski definition) is 5. The molecule has 0 amide bonds. The second kappa shape index (κ2) is 8.95. The van der Waals surface area contributed by atoms with Gasteiger partial charge in [0, 0.05) is 11.3 Å². The van der Waals surface area contributed by atoms with Gasteiger partial charge in [0.15, 0.2) is 6.04 Å². The van der Waals surface area contributed by atoms with Crippen LogP contribution in [0.2, 0.25) is 0 Å². The number of anilines is 1. The second-order valence-corrected chi connectivity index (χ2v) is 6.65. The maximum atomic E-state index is 11.8. The minimum atomic E-state index is -1.16. The molecule has 0 saturated carbocycles. The molecular weight excluding hydrogens is 344 g/mol. The van der Waals surface area contributed by atoms with Crippen LogP contribution < -0.4 is 10.1 Å². The van der Waals surface area contributed by atoms with Gasteiger partial charge in [0.05, 0.1) is 18.2 Å². The van der Waals surface area contributed by atoms with E-state index in [0.717, 1.165) is 5.56 Å². The summed E-state index contributed by atoms with van der Waals surface area (Å²) in [6.45, 7) is 6.42. The van der Waals surface area contributed by atoms with E-state index in [2.05, 4.69) is 19.2 Å². The molecule has 0 saturated heterocycles. The fourth-order valence-electron chi connectivity index (χ4n) is 2.83. The molecule has 0 radical (unpaired) electrons. The quantitative estimate of drug-likeness (QED) is 0.648. The summed E-state index contributed by atoms with van der Waals surface area (Å²) in [6, 6.07) is 10.5. The molecule has 0 aliphatic heterocycles. The Morgan fingerprint density at radius 1 is 1.26 bits per heavy atom. The lowest BCUT2D eigenvalue weighted by atomic mass is 9.97. The van der Waals surface area contributed by atoms with Crippen LogP contribution in [0.15, 0.2) is 36.4 Å². The predicted molar refractivity (Wildman–Crippen MR) is 103 cm³/mol. The molecule has 0 heterocycles. The Bertz CT molecular complexity index is 838. The van der Waals surface area contributed by atoms with Crippen LogP contribution in [0.25, 0.3) is 0 Å². The van der Waals surface area contributed by atoms with Gasteiger partial charge in [-0.2, -0.15) is 5.26 Å². The number of rotatable bonds is 8. The first-order valence-corrected chi connectivity index (χ1v) is 8.83. The van der Waals surface area contributed by atoms with Crippen LogP contribution in [-0.2, 0) is 11.2 Å². The molecule has 2 rings (SSSR count). The predicted octanol–water partition coefficient (Wildman–Crippen LogP) is 4.10. The maximum absolute atomic E-state index is 11.8. The molecule has 0 fully saturated rings. The van der Waals surface area contributed by atoms with Crippen LogP contribution >= 0.6 is 0 Å². The van der Waals surface area contributed by atoms with Gasteiger partial charge in [0.1, 0.15) is 11.5 Å². The largest absolute Gasteiger partial charge is 0.508 e. The topological polar surface area (TPSA) is 103 Å². The first-order valence-electron chi connectivity index (χ1n) is 8.83. The third-order valence-corrected chi connectivity index (χ3v) is 4.02. The number of benzene rings is 2. The molecule has 2 aromatic carbocycles. The van der Waals surface area contributed by atoms with Crippen LogP contribution in [0.1, 0.15) is 43.5 Å². The molecule has 0 aliphatic rings. The number of aliphatic carboxylic acids is 1. The monoisotopic (exact) mass is 368 g/mol. The number of ether oxygens (including phenoxy) is 1. The van der Waals surface area contributed by atoms with Crippen molar-refractivity contribution in [2.45, 2.75) is 33.2 Å². The first-order chi connectivity index (χ1) is 12.8. The van der Waals surface area contributed by atoms with Crippen molar-refractivity contribution in [1.82, 2.24) is 0 Å². The summed E-state index contributed by atoms with van der Waals surface area (Å²) in [6.07, 6.45) is 0.712. The van der Waals surface area contributed by atoms with E-state index in [1.165, 1.54) is 0 Å². The lowest BCUT2D eigenvalue weighted by Gasteiger charge is -2.20. The van der Waals surface area contributed by atoms with Gasteiger partial charge in [-0.3, -0.25) is 0 Å². The van der Waals surface area contributed by atoms with Crippen LogP contribution in [0.3, 0.4) is 0 Å². The number of nitrogens with zero attached hydrogens (tertiary/aromatic N) is 1. The lowest BCUT2D eigenvalue weighted by molar-refractivity contribution is -0.138. The molecule has 0 aliphatic carbocycles. The SMILES string of the molecule is CCOc1cc(C(Nc2ccc(C#N)cc2)C(=O)O)c(O)cc1CC(C)C. The number of phenolic OH excluding ortho intramolecular Hbond substituents is 1. The van der Waals surface area contributed by atoms with Crippen molar-refractivity contribution in [3.8, 4) is 17.6 Å². The van der Waals surface area contributed by atoms with E-state index in [1.807, 2.05) is 13.0 Å². The number of carbonyl (C=O) groups is 1. The highest BCUT2D eigenvalue weighted by molar-refractivity contribution is 5.80. The van der Waals surface area contributed by atoms with E-state index < -0.39 is 12.0 Å². The zero-order valence-electron chi connectivity index (χ0n) is 15.7. The molecule has 1 atom stereocenters. The van der Waals surface area contributed by atoms with Gasteiger partial charge in [-0.05, 0) is 61.2 Å². The number of nitriles is 1.